The minimum absolute atomic E-state index is 0.667. The summed E-state index contributed by atoms with van der Waals surface area (Å²) in [6.07, 6.45) is 18.8. The van der Waals surface area contributed by atoms with Gasteiger partial charge in [-0.15, -0.1) is 0 Å². The highest BCUT2D eigenvalue weighted by atomic mass is 14.3. The Kier molecular flexibility index (Phi) is 7.36. The first-order chi connectivity index (χ1) is 12.8. The summed E-state index contributed by atoms with van der Waals surface area (Å²) in [5.74, 6) is 3.39. The lowest BCUT2D eigenvalue weighted by Gasteiger charge is -2.31. The van der Waals surface area contributed by atoms with Gasteiger partial charge in [0, 0.05) is 6.08 Å². The Morgan fingerprint density at radius 3 is 2.00 bits per heavy atom. The number of nitrogens with zero attached hydrogens (tertiary/aromatic N) is 1. The normalized spacial score (nSPS) is 29.5. The summed E-state index contributed by atoms with van der Waals surface area (Å²) in [5, 5.41) is 8.66. The molecule has 0 unspecified atom stereocenters. The second kappa shape index (κ2) is 9.96. The zero-order valence-electron chi connectivity index (χ0n) is 16.5. The quantitative estimate of drug-likeness (QED) is 0.499. The third-order valence-corrected chi connectivity index (χ3v) is 7.02. The van der Waals surface area contributed by atoms with Crippen LogP contribution in [0.5, 0.6) is 0 Å². The smallest absolute Gasteiger partial charge is 0.0908 e. The average Bonchev–Trinajstić information content (AvgIpc) is 2.72. The monoisotopic (exact) mass is 349 g/mol. The highest BCUT2D eigenvalue weighted by Crippen LogP contribution is 2.39. The van der Waals surface area contributed by atoms with E-state index in [1.165, 1.54) is 69.8 Å². The first kappa shape index (κ1) is 19.2. The van der Waals surface area contributed by atoms with Crippen molar-refractivity contribution in [3.8, 4) is 6.07 Å². The number of hydrogen-bond acceptors (Lipinski definition) is 1. The Labute approximate surface area is 160 Å². The van der Waals surface area contributed by atoms with Crippen molar-refractivity contribution in [2.24, 2.45) is 17.8 Å². The van der Waals surface area contributed by atoms with Crippen LogP contribution < -0.4 is 0 Å². The van der Waals surface area contributed by atoms with E-state index in [9.17, 15) is 0 Å². The maximum absolute atomic E-state index is 8.66. The van der Waals surface area contributed by atoms with Crippen LogP contribution in [0.25, 0.3) is 0 Å². The molecular formula is C25H35N. The van der Waals surface area contributed by atoms with E-state index in [0.717, 1.165) is 24.2 Å². The summed E-state index contributed by atoms with van der Waals surface area (Å²) < 4.78 is 0. The fourth-order valence-electron chi connectivity index (χ4n) is 5.13. The second-order valence-corrected chi connectivity index (χ2v) is 8.66. The zero-order valence-corrected chi connectivity index (χ0v) is 16.5. The highest BCUT2D eigenvalue weighted by Gasteiger charge is 2.24. The summed E-state index contributed by atoms with van der Waals surface area (Å²) in [5.41, 5.74) is 3.03. The molecule has 1 nitrogen and oxygen atoms in total. The van der Waals surface area contributed by atoms with E-state index in [-0.39, 0.29) is 0 Å². The molecule has 0 radical (unpaired) electrons. The fraction of sp³-hybridized carbons (Fsp3) is 0.640. The SMILES string of the molecule is CCc1ccc(C2CCC(CCC3CCC(/C=C/C#N)CC3)CC2)cc1. The van der Waals surface area contributed by atoms with Crippen LogP contribution in [-0.4, -0.2) is 0 Å². The van der Waals surface area contributed by atoms with Gasteiger partial charge in [0.25, 0.3) is 0 Å². The summed E-state index contributed by atoms with van der Waals surface area (Å²) in [6, 6.07) is 11.5. The molecule has 1 aromatic rings. The summed E-state index contributed by atoms with van der Waals surface area (Å²) in [4.78, 5) is 0. The zero-order chi connectivity index (χ0) is 18.2. The molecule has 2 aliphatic rings. The first-order valence-corrected chi connectivity index (χ1v) is 10.9. The van der Waals surface area contributed by atoms with E-state index in [2.05, 4.69) is 43.3 Å². The lowest BCUT2D eigenvalue weighted by atomic mass is 9.74. The molecule has 0 aliphatic heterocycles. The first-order valence-electron chi connectivity index (χ1n) is 10.9. The molecule has 2 aliphatic carbocycles. The molecule has 0 aromatic heterocycles. The molecule has 26 heavy (non-hydrogen) atoms. The van der Waals surface area contributed by atoms with Crippen LogP contribution in [-0.2, 0) is 6.42 Å². The number of hydrogen-bond donors (Lipinski definition) is 0. The van der Waals surface area contributed by atoms with E-state index >= 15 is 0 Å². The number of allylic oxidation sites excluding steroid dienone is 2. The van der Waals surface area contributed by atoms with Crippen molar-refractivity contribution in [3.63, 3.8) is 0 Å². The highest BCUT2D eigenvalue weighted by molar-refractivity contribution is 5.25. The van der Waals surface area contributed by atoms with Crippen molar-refractivity contribution in [1.82, 2.24) is 0 Å². The van der Waals surface area contributed by atoms with Gasteiger partial charge in [0.05, 0.1) is 6.07 Å². The summed E-state index contributed by atoms with van der Waals surface area (Å²) >= 11 is 0. The van der Waals surface area contributed by atoms with Crippen LogP contribution in [0.4, 0.5) is 0 Å². The Bertz CT molecular complexity index is 590. The lowest BCUT2D eigenvalue weighted by molar-refractivity contribution is 0.246. The van der Waals surface area contributed by atoms with Gasteiger partial charge in [-0.25, -0.2) is 0 Å². The van der Waals surface area contributed by atoms with Gasteiger partial charge >= 0.3 is 0 Å². The fourth-order valence-corrected chi connectivity index (χ4v) is 5.13. The molecule has 140 valence electrons. The van der Waals surface area contributed by atoms with Crippen molar-refractivity contribution >= 4 is 0 Å². The van der Waals surface area contributed by atoms with Crippen molar-refractivity contribution < 1.29 is 0 Å². The van der Waals surface area contributed by atoms with Gasteiger partial charge < -0.3 is 0 Å². The molecule has 0 saturated heterocycles. The van der Waals surface area contributed by atoms with Gasteiger partial charge in [0.1, 0.15) is 0 Å². The Balaban J connectivity index is 1.35. The van der Waals surface area contributed by atoms with Gasteiger partial charge in [-0.2, -0.15) is 5.26 Å². The van der Waals surface area contributed by atoms with Gasteiger partial charge in [-0.1, -0.05) is 50.1 Å². The molecule has 3 rings (SSSR count). The molecule has 1 aromatic carbocycles. The van der Waals surface area contributed by atoms with Gasteiger partial charge in [-0.3, -0.25) is 0 Å². The molecule has 2 fully saturated rings. The van der Waals surface area contributed by atoms with Crippen molar-refractivity contribution in [1.29, 1.82) is 5.26 Å². The third-order valence-electron chi connectivity index (χ3n) is 7.02. The maximum Gasteiger partial charge on any atom is 0.0908 e. The van der Waals surface area contributed by atoms with Crippen LogP contribution in [0.1, 0.15) is 88.2 Å². The molecule has 0 bridgehead atoms. The minimum Gasteiger partial charge on any atom is -0.193 e. The predicted octanol–water partition coefficient (Wildman–Crippen LogP) is 7.19. The van der Waals surface area contributed by atoms with Crippen molar-refractivity contribution in [2.45, 2.75) is 83.5 Å². The number of nitriles is 1. The molecule has 1 heteroatoms. The topological polar surface area (TPSA) is 23.8 Å². The van der Waals surface area contributed by atoms with Crippen molar-refractivity contribution in [2.75, 3.05) is 0 Å². The number of aryl methyl sites for hydroxylation is 1. The van der Waals surface area contributed by atoms with E-state index in [1.54, 1.807) is 11.6 Å². The Morgan fingerprint density at radius 1 is 0.885 bits per heavy atom. The van der Waals surface area contributed by atoms with Crippen LogP contribution in [0.3, 0.4) is 0 Å². The van der Waals surface area contributed by atoms with Crippen LogP contribution in [0.2, 0.25) is 0 Å². The number of benzene rings is 1. The van der Waals surface area contributed by atoms with Crippen molar-refractivity contribution in [3.05, 3.63) is 47.5 Å². The summed E-state index contributed by atoms with van der Waals surface area (Å²) in [6.45, 7) is 2.23. The molecule has 0 N–H and O–H groups in total. The predicted molar refractivity (Wildman–Crippen MR) is 110 cm³/mol. The number of rotatable bonds is 6. The van der Waals surface area contributed by atoms with Crippen LogP contribution in [0.15, 0.2) is 36.4 Å². The summed E-state index contributed by atoms with van der Waals surface area (Å²) in [7, 11) is 0. The van der Waals surface area contributed by atoms with E-state index < -0.39 is 0 Å². The largest absolute Gasteiger partial charge is 0.193 e. The molecule has 0 atom stereocenters. The van der Waals surface area contributed by atoms with Gasteiger partial charge in [-0.05, 0) is 92.6 Å². The molecule has 0 spiro atoms. The molecular weight excluding hydrogens is 314 g/mol. The Hall–Kier alpha value is -1.55. The standard InChI is InChI=1S/C25H35N/c1-2-20-11-15-24(16-12-20)25-17-13-23(14-18-25)10-9-22-7-5-21(6-8-22)4-3-19-26/h3-4,11-12,15-16,21-23,25H,2,5-10,13-14,17-18H2,1H3/b4-3+. The van der Waals surface area contributed by atoms with E-state index in [0.29, 0.717) is 5.92 Å². The lowest BCUT2D eigenvalue weighted by Crippen LogP contribution is -2.17. The third kappa shape index (κ3) is 5.47. The second-order valence-electron chi connectivity index (χ2n) is 8.66. The average molecular weight is 350 g/mol. The van der Waals surface area contributed by atoms with Crippen LogP contribution >= 0.6 is 0 Å². The van der Waals surface area contributed by atoms with E-state index in [4.69, 9.17) is 5.26 Å². The van der Waals surface area contributed by atoms with E-state index in [1.807, 2.05) is 0 Å². The molecule has 0 heterocycles. The molecule has 2 saturated carbocycles. The molecule has 0 amide bonds. The van der Waals surface area contributed by atoms with Gasteiger partial charge in [0.2, 0.25) is 0 Å². The maximum atomic E-state index is 8.66. The minimum atomic E-state index is 0.667. The Morgan fingerprint density at radius 2 is 1.46 bits per heavy atom. The van der Waals surface area contributed by atoms with Gasteiger partial charge in [0.15, 0.2) is 0 Å². The van der Waals surface area contributed by atoms with Crippen LogP contribution in [0, 0.1) is 29.1 Å².